The number of furan rings is 1. The first-order valence-corrected chi connectivity index (χ1v) is 9.03. The first-order valence-electron chi connectivity index (χ1n) is 9.03. The van der Waals surface area contributed by atoms with Crippen LogP contribution in [-0.2, 0) is 14.1 Å². The van der Waals surface area contributed by atoms with Crippen LogP contribution in [0.15, 0.2) is 71.4 Å². The van der Waals surface area contributed by atoms with Gasteiger partial charge in [0.15, 0.2) is 5.58 Å². The van der Waals surface area contributed by atoms with E-state index in [0.717, 1.165) is 39.2 Å². The van der Waals surface area contributed by atoms with Crippen LogP contribution < -0.4 is 4.57 Å². The molecule has 3 heterocycles. The standard InChI is InChI=1S/C23H20N3O/c1-15-16(8-6-9-17(15)23-24-13-14-25(23)2)19-11-12-21-22(26(19)3)18-7-4-5-10-20(18)27-21/h4-14H,1-3H3/q+1. The molecule has 4 nitrogen and oxygen atoms in total. The quantitative estimate of drug-likeness (QED) is 0.427. The molecule has 0 aliphatic heterocycles. The van der Waals surface area contributed by atoms with Crippen LogP contribution in [0.1, 0.15) is 5.56 Å². The normalized spacial score (nSPS) is 11.5. The van der Waals surface area contributed by atoms with Crippen LogP contribution in [-0.4, -0.2) is 9.55 Å². The minimum atomic E-state index is 0.903. The Labute approximate surface area is 157 Å². The van der Waals surface area contributed by atoms with Gasteiger partial charge in [-0.2, -0.15) is 4.57 Å². The number of para-hydroxylation sites is 1. The number of pyridine rings is 1. The molecule has 3 aromatic heterocycles. The fourth-order valence-electron chi connectivity index (χ4n) is 3.95. The highest BCUT2D eigenvalue weighted by atomic mass is 16.3. The summed E-state index contributed by atoms with van der Waals surface area (Å²) in [6.07, 6.45) is 3.82. The molecular formula is C23H20N3O+. The molecule has 27 heavy (non-hydrogen) atoms. The second kappa shape index (κ2) is 5.81. The number of rotatable bonds is 2. The Morgan fingerprint density at radius 2 is 1.74 bits per heavy atom. The highest BCUT2D eigenvalue weighted by Crippen LogP contribution is 2.32. The van der Waals surface area contributed by atoms with Crippen LogP contribution in [0.2, 0.25) is 0 Å². The SMILES string of the molecule is Cc1c(-c2nccn2C)cccc1-c1ccc2oc3ccccc3c2[n+]1C. The van der Waals surface area contributed by atoms with E-state index < -0.39 is 0 Å². The van der Waals surface area contributed by atoms with Gasteiger partial charge in [-0.05, 0) is 36.8 Å². The monoisotopic (exact) mass is 354 g/mol. The van der Waals surface area contributed by atoms with Gasteiger partial charge in [-0.15, -0.1) is 0 Å². The first-order chi connectivity index (χ1) is 13.1. The maximum Gasteiger partial charge on any atom is 0.259 e. The highest BCUT2D eigenvalue weighted by Gasteiger charge is 2.22. The molecular weight excluding hydrogens is 334 g/mol. The zero-order chi connectivity index (χ0) is 18.5. The van der Waals surface area contributed by atoms with Gasteiger partial charge < -0.3 is 8.98 Å². The number of aromatic nitrogens is 3. The Hall–Kier alpha value is -3.40. The molecule has 0 fully saturated rings. The summed E-state index contributed by atoms with van der Waals surface area (Å²) in [4.78, 5) is 4.53. The van der Waals surface area contributed by atoms with Gasteiger partial charge in [0.1, 0.15) is 18.5 Å². The van der Waals surface area contributed by atoms with E-state index >= 15 is 0 Å². The number of aryl methyl sites for hydroxylation is 2. The average molecular weight is 354 g/mol. The highest BCUT2D eigenvalue weighted by molar-refractivity contribution is 6.00. The van der Waals surface area contributed by atoms with E-state index in [1.54, 1.807) is 0 Å². The second-order valence-corrected chi connectivity index (χ2v) is 6.93. The van der Waals surface area contributed by atoms with E-state index in [0.29, 0.717) is 0 Å². The Bertz CT molecular complexity index is 1310. The fraction of sp³-hybridized carbons (Fsp3) is 0.130. The van der Waals surface area contributed by atoms with Crippen LogP contribution in [0.5, 0.6) is 0 Å². The molecule has 0 amide bonds. The van der Waals surface area contributed by atoms with E-state index in [9.17, 15) is 0 Å². The molecule has 0 bridgehead atoms. The summed E-state index contributed by atoms with van der Waals surface area (Å²) in [7, 11) is 4.13. The van der Waals surface area contributed by atoms with Gasteiger partial charge in [0.2, 0.25) is 5.69 Å². The van der Waals surface area contributed by atoms with Crippen molar-refractivity contribution in [2.75, 3.05) is 0 Å². The van der Waals surface area contributed by atoms with E-state index in [1.165, 1.54) is 11.1 Å². The Kier molecular flexibility index (Phi) is 3.41. The summed E-state index contributed by atoms with van der Waals surface area (Å²) in [5.74, 6) is 0.979. The van der Waals surface area contributed by atoms with Crippen LogP contribution in [0.25, 0.3) is 44.7 Å². The van der Waals surface area contributed by atoms with E-state index in [-0.39, 0.29) is 0 Å². The average Bonchev–Trinajstić information content (AvgIpc) is 3.26. The molecule has 5 aromatic rings. The topological polar surface area (TPSA) is 34.8 Å². The third-order valence-electron chi connectivity index (χ3n) is 5.36. The molecule has 0 saturated heterocycles. The van der Waals surface area contributed by atoms with Crippen molar-refractivity contribution < 1.29 is 8.98 Å². The molecule has 0 radical (unpaired) electrons. The first kappa shape index (κ1) is 15.8. The van der Waals surface area contributed by atoms with Gasteiger partial charge in [-0.1, -0.05) is 24.3 Å². The third kappa shape index (κ3) is 2.30. The lowest BCUT2D eigenvalue weighted by Gasteiger charge is -2.10. The molecule has 0 aliphatic rings. The molecule has 0 aliphatic carbocycles. The lowest BCUT2D eigenvalue weighted by atomic mass is 9.98. The van der Waals surface area contributed by atoms with Crippen molar-refractivity contribution in [3.05, 3.63) is 72.6 Å². The van der Waals surface area contributed by atoms with Gasteiger partial charge in [-0.3, -0.25) is 0 Å². The number of hydrogen-bond donors (Lipinski definition) is 0. The minimum absolute atomic E-state index is 0.903. The second-order valence-electron chi connectivity index (χ2n) is 6.93. The van der Waals surface area contributed by atoms with Crippen LogP contribution in [0, 0.1) is 6.92 Å². The predicted octanol–water partition coefficient (Wildman–Crippen LogP) is 4.79. The third-order valence-corrected chi connectivity index (χ3v) is 5.36. The summed E-state index contributed by atoms with van der Waals surface area (Å²) in [5, 5.41) is 1.13. The molecule has 0 atom stereocenters. The summed E-state index contributed by atoms with van der Waals surface area (Å²) in [6, 6.07) is 18.8. The van der Waals surface area contributed by atoms with Crippen LogP contribution in [0.4, 0.5) is 0 Å². The number of imidazole rings is 1. The van der Waals surface area contributed by atoms with Crippen LogP contribution in [0.3, 0.4) is 0 Å². The Morgan fingerprint density at radius 1 is 0.926 bits per heavy atom. The summed E-state index contributed by atoms with van der Waals surface area (Å²) in [5.41, 5.74) is 7.66. The van der Waals surface area contributed by atoms with Crippen molar-refractivity contribution in [3.8, 4) is 22.6 Å². The van der Waals surface area contributed by atoms with Crippen LogP contribution >= 0.6 is 0 Å². The van der Waals surface area contributed by atoms with E-state index in [4.69, 9.17) is 4.42 Å². The zero-order valence-corrected chi connectivity index (χ0v) is 15.6. The molecule has 0 N–H and O–H groups in total. The molecule has 2 aromatic carbocycles. The summed E-state index contributed by atoms with van der Waals surface area (Å²) < 4.78 is 10.3. The maximum absolute atomic E-state index is 6.02. The Balaban J connectivity index is 1.78. The zero-order valence-electron chi connectivity index (χ0n) is 15.6. The number of benzene rings is 2. The molecule has 132 valence electrons. The molecule has 0 unspecified atom stereocenters. The summed E-state index contributed by atoms with van der Waals surface area (Å²) >= 11 is 0. The molecule has 0 spiro atoms. The van der Waals surface area contributed by atoms with E-state index in [2.05, 4.69) is 70.6 Å². The smallest absolute Gasteiger partial charge is 0.259 e. The van der Waals surface area contributed by atoms with Crippen molar-refractivity contribution >= 4 is 22.1 Å². The van der Waals surface area contributed by atoms with Gasteiger partial charge in [0.05, 0.1) is 5.39 Å². The number of fused-ring (bicyclic) bond motifs is 3. The number of nitrogens with zero attached hydrogens (tertiary/aromatic N) is 3. The van der Waals surface area contributed by atoms with Crippen molar-refractivity contribution in [2.24, 2.45) is 14.1 Å². The van der Waals surface area contributed by atoms with Gasteiger partial charge >= 0.3 is 0 Å². The summed E-state index contributed by atoms with van der Waals surface area (Å²) in [6.45, 7) is 2.16. The van der Waals surface area contributed by atoms with Crippen molar-refractivity contribution in [3.63, 3.8) is 0 Å². The molecule has 5 rings (SSSR count). The lowest BCUT2D eigenvalue weighted by Crippen LogP contribution is -2.31. The minimum Gasteiger partial charge on any atom is -0.449 e. The lowest BCUT2D eigenvalue weighted by molar-refractivity contribution is -0.632. The predicted molar refractivity (Wildman–Crippen MR) is 107 cm³/mol. The maximum atomic E-state index is 6.02. The fourth-order valence-corrected chi connectivity index (χ4v) is 3.95. The largest absolute Gasteiger partial charge is 0.449 e. The van der Waals surface area contributed by atoms with Gasteiger partial charge in [0.25, 0.3) is 5.52 Å². The van der Waals surface area contributed by atoms with Gasteiger partial charge in [-0.25, -0.2) is 4.98 Å². The molecule has 4 heteroatoms. The van der Waals surface area contributed by atoms with E-state index in [1.807, 2.05) is 31.6 Å². The Morgan fingerprint density at radius 3 is 2.56 bits per heavy atom. The number of hydrogen-bond acceptors (Lipinski definition) is 2. The van der Waals surface area contributed by atoms with Crippen molar-refractivity contribution in [1.29, 1.82) is 0 Å². The van der Waals surface area contributed by atoms with Crippen molar-refractivity contribution in [1.82, 2.24) is 9.55 Å². The van der Waals surface area contributed by atoms with Crippen molar-refractivity contribution in [2.45, 2.75) is 6.92 Å². The van der Waals surface area contributed by atoms with Gasteiger partial charge in [0, 0.05) is 36.6 Å². The molecule has 0 saturated carbocycles.